The maximum Gasteiger partial charge on any atom is 0.331 e. The zero-order valence-corrected chi connectivity index (χ0v) is 11.4. The Morgan fingerprint density at radius 2 is 2.32 bits per heavy atom. The summed E-state index contributed by atoms with van der Waals surface area (Å²) in [7, 11) is 1.66. The second-order valence-electron chi connectivity index (χ2n) is 3.80. The number of carbonyl (C=O) groups excluding carboxylic acids is 1. The minimum absolute atomic E-state index is 0.232. The predicted molar refractivity (Wildman–Crippen MR) is 67.5 cm³/mol. The average molecular weight is 328 g/mol. The van der Waals surface area contributed by atoms with Gasteiger partial charge < -0.3 is 14.8 Å². The summed E-state index contributed by atoms with van der Waals surface area (Å²) in [6, 6.07) is 0.282. The number of furan rings is 1. The van der Waals surface area contributed by atoms with Crippen LogP contribution in [0.2, 0.25) is 0 Å². The lowest BCUT2D eigenvalue weighted by Gasteiger charge is -2.12. The number of carbonyl (C=O) groups is 2. The number of hydrogen-bond donors (Lipinski definition) is 2. The normalized spacial score (nSPS) is 12.1. The van der Waals surface area contributed by atoms with Crippen molar-refractivity contribution < 1.29 is 19.1 Å². The summed E-state index contributed by atoms with van der Waals surface area (Å²) in [5.41, 5.74) is 0.623. The summed E-state index contributed by atoms with van der Waals surface area (Å²) in [5.74, 6) is -1.71. The Bertz CT molecular complexity index is 619. The molecule has 0 aromatic carbocycles. The molecule has 1 atom stereocenters. The molecule has 1 unspecified atom stereocenters. The molecule has 2 N–H and O–H groups in total. The summed E-state index contributed by atoms with van der Waals surface area (Å²) in [6.07, 6.45) is 4.26. The van der Waals surface area contributed by atoms with E-state index in [2.05, 4.69) is 26.3 Å². The number of aliphatic carboxylic acids is 1. The number of hydrogen-bond acceptors (Lipinski definition) is 4. The predicted octanol–water partition coefficient (Wildman–Crippen LogP) is 1.33. The van der Waals surface area contributed by atoms with Gasteiger partial charge in [0.05, 0.1) is 18.0 Å². The maximum atomic E-state index is 11.9. The molecular weight excluding hydrogens is 318 g/mol. The van der Waals surface area contributed by atoms with Crippen LogP contribution in [0, 0.1) is 0 Å². The van der Waals surface area contributed by atoms with Gasteiger partial charge in [-0.1, -0.05) is 0 Å². The van der Waals surface area contributed by atoms with Crippen molar-refractivity contribution in [3.63, 3.8) is 0 Å². The van der Waals surface area contributed by atoms with Crippen LogP contribution in [0.4, 0.5) is 0 Å². The molecule has 100 valence electrons. The fourth-order valence-corrected chi connectivity index (χ4v) is 1.96. The van der Waals surface area contributed by atoms with Crippen LogP contribution in [0.25, 0.3) is 0 Å². The molecule has 0 aliphatic heterocycles. The van der Waals surface area contributed by atoms with Gasteiger partial charge in [0, 0.05) is 18.8 Å². The summed E-state index contributed by atoms with van der Waals surface area (Å²) in [4.78, 5) is 23.1. The zero-order chi connectivity index (χ0) is 14.0. The van der Waals surface area contributed by atoms with E-state index in [9.17, 15) is 9.59 Å². The van der Waals surface area contributed by atoms with E-state index in [4.69, 9.17) is 9.52 Å². The zero-order valence-electron chi connectivity index (χ0n) is 9.83. The van der Waals surface area contributed by atoms with Gasteiger partial charge in [-0.05, 0) is 22.0 Å². The maximum absolute atomic E-state index is 11.9. The first-order chi connectivity index (χ1) is 8.99. The van der Waals surface area contributed by atoms with Crippen LogP contribution in [0.5, 0.6) is 0 Å². The number of halogens is 1. The van der Waals surface area contributed by atoms with Crippen molar-refractivity contribution in [3.05, 3.63) is 40.5 Å². The van der Waals surface area contributed by atoms with Gasteiger partial charge in [-0.2, -0.15) is 5.10 Å². The van der Waals surface area contributed by atoms with Gasteiger partial charge >= 0.3 is 5.97 Å². The van der Waals surface area contributed by atoms with Crippen LogP contribution >= 0.6 is 15.9 Å². The second-order valence-corrected chi connectivity index (χ2v) is 4.52. The van der Waals surface area contributed by atoms with Gasteiger partial charge in [-0.3, -0.25) is 9.48 Å². The van der Waals surface area contributed by atoms with Crippen molar-refractivity contribution in [3.8, 4) is 0 Å². The lowest BCUT2D eigenvalue weighted by molar-refractivity contribution is -0.139. The third-order valence-corrected chi connectivity index (χ3v) is 3.06. The number of rotatable bonds is 4. The first-order valence-electron chi connectivity index (χ1n) is 5.24. The third kappa shape index (κ3) is 2.84. The van der Waals surface area contributed by atoms with Gasteiger partial charge in [0.25, 0.3) is 5.91 Å². The van der Waals surface area contributed by atoms with Gasteiger partial charge in [-0.25, -0.2) is 4.79 Å². The first-order valence-corrected chi connectivity index (χ1v) is 6.03. The van der Waals surface area contributed by atoms with Crippen molar-refractivity contribution >= 4 is 27.8 Å². The Hall–Kier alpha value is -2.09. The van der Waals surface area contributed by atoms with E-state index in [1.165, 1.54) is 29.4 Å². The molecule has 8 heteroatoms. The van der Waals surface area contributed by atoms with E-state index in [0.717, 1.165) is 0 Å². The summed E-state index contributed by atoms with van der Waals surface area (Å²) < 4.78 is 6.64. The van der Waals surface area contributed by atoms with Crippen LogP contribution in [0.3, 0.4) is 0 Å². The molecule has 0 saturated heterocycles. The van der Waals surface area contributed by atoms with Crippen LogP contribution in [-0.2, 0) is 11.8 Å². The van der Waals surface area contributed by atoms with Crippen molar-refractivity contribution in [1.29, 1.82) is 0 Å². The Kier molecular flexibility index (Phi) is 3.70. The molecule has 0 radical (unpaired) electrons. The molecule has 0 spiro atoms. The monoisotopic (exact) mass is 327 g/mol. The lowest BCUT2D eigenvalue weighted by atomic mass is 10.1. The fourth-order valence-electron chi connectivity index (χ4n) is 1.54. The van der Waals surface area contributed by atoms with Crippen molar-refractivity contribution in [2.24, 2.45) is 7.05 Å². The molecular formula is C11H10BrN3O4. The summed E-state index contributed by atoms with van der Waals surface area (Å²) in [5, 5.41) is 15.5. The Morgan fingerprint density at radius 1 is 1.58 bits per heavy atom. The van der Waals surface area contributed by atoms with Crippen LogP contribution < -0.4 is 5.32 Å². The standard InChI is InChI=1S/C11H10BrN3O4/c1-15-5-6(4-13-15)8(11(17)18)14-10(16)7-2-3-19-9(7)12/h2-5,8H,1H3,(H,14,16)(H,17,18). The van der Waals surface area contributed by atoms with E-state index < -0.39 is 17.9 Å². The van der Waals surface area contributed by atoms with Crippen LogP contribution in [-0.4, -0.2) is 26.8 Å². The summed E-state index contributed by atoms with van der Waals surface area (Å²) in [6.45, 7) is 0. The topological polar surface area (TPSA) is 97.4 Å². The van der Waals surface area contributed by atoms with Crippen molar-refractivity contribution in [2.45, 2.75) is 6.04 Å². The highest BCUT2D eigenvalue weighted by atomic mass is 79.9. The number of nitrogens with zero attached hydrogens (tertiary/aromatic N) is 2. The van der Waals surface area contributed by atoms with E-state index in [1.807, 2.05) is 0 Å². The molecule has 0 aliphatic rings. The van der Waals surface area contributed by atoms with Gasteiger partial charge in [-0.15, -0.1) is 0 Å². The molecule has 0 bridgehead atoms. The Morgan fingerprint density at radius 3 is 2.79 bits per heavy atom. The fraction of sp³-hybridized carbons (Fsp3) is 0.182. The number of amides is 1. The van der Waals surface area contributed by atoms with Gasteiger partial charge in [0.15, 0.2) is 10.7 Å². The number of nitrogens with one attached hydrogen (secondary N) is 1. The highest BCUT2D eigenvalue weighted by Crippen LogP contribution is 2.19. The SMILES string of the molecule is Cn1cc(C(NC(=O)c2ccoc2Br)C(=O)O)cn1. The second kappa shape index (κ2) is 5.27. The minimum Gasteiger partial charge on any atom is -0.479 e. The first kappa shape index (κ1) is 13.3. The number of aryl methyl sites for hydroxylation is 1. The largest absolute Gasteiger partial charge is 0.479 e. The van der Waals surface area contributed by atoms with E-state index >= 15 is 0 Å². The molecule has 0 saturated carbocycles. The molecule has 0 aliphatic carbocycles. The molecule has 2 aromatic heterocycles. The highest BCUT2D eigenvalue weighted by molar-refractivity contribution is 9.10. The third-order valence-electron chi connectivity index (χ3n) is 2.44. The molecule has 19 heavy (non-hydrogen) atoms. The van der Waals surface area contributed by atoms with E-state index in [-0.39, 0.29) is 10.2 Å². The molecule has 7 nitrogen and oxygen atoms in total. The molecule has 2 rings (SSSR count). The molecule has 2 aromatic rings. The van der Waals surface area contributed by atoms with Crippen LogP contribution in [0.1, 0.15) is 22.0 Å². The minimum atomic E-state index is -1.17. The van der Waals surface area contributed by atoms with Crippen molar-refractivity contribution in [1.82, 2.24) is 15.1 Å². The quantitative estimate of drug-likeness (QED) is 0.882. The molecule has 0 fully saturated rings. The van der Waals surface area contributed by atoms with Crippen LogP contribution in [0.15, 0.2) is 33.8 Å². The lowest BCUT2D eigenvalue weighted by Crippen LogP contribution is -2.33. The average Bonchev–Trinajstić information content (AvgIpc) is 2.94. The molecule has 1 amide bonds. The molecule has 2 heterocycles. The Balaban J connectivity index is 2.21. The van der Waals surface area contributed by atoms with Gasteiger partial charge in [0.2, 0.25) is 0 Å². The van der Waals surface area contributed by atoms with Crippen molar-refractivity contribution in [2.75, 3.05) is 0 Å². The number of carboxylic acid groups (broad SMARTS) is 1. The smallest absolute Gasteiger partial charge is 0.331 e. The summed E-state index contributed by atoms with van der Waals surface area (Å²) >= 11 is 3.06. The highest BCUT2D eigenvalue weighted by Gasteiger charge is 2.25. The van der Waals surface area contributed by atoms with Gasteiger partial charge in [0.1, 0.15) is 0 Å². The van der Waals surface area contributed by atoms with E-state index in [0.29, 0.717) is 5.56 Å². The number of carboxylic acids is 1. The van der Waals surface area contributed by atoms with E-state index in [1.54, 1.807) is 7.05 Å². The number of aromatic nitrogens is 2. The Labute approximate surface area is 116 Å².